The molecule has 2 nitrogen and oxygen atoms in total. The van der Waals surface area contributed by atoms with Crippen LogP contribution in [0.3, 0.4) is 0 Å². The number of Topliss-reactive ketones (excluding diaryl/α,β-unsaturated/α-hetero) is 1. The van der Waals surface area contributed by atoms with Crippen molar-refractivity contribution >= 4 is 17.4 Å². The van der Waals surface area contributed by atoms with Crippen LogP contribution in [0.5, 0.6) is 5.75 Å². The van der Waals surface area contributed by atoms with Crippen LogP contribution < -0.4 is 4.74 Å². The van der Waals surface area contributed by atoms with Crippen LogP contribution in [0.4, 0.5) is 4.39 Å². The first kappa shape index (κ1) is 13.1. The Hall–Kier alpha value is -1.87. The minimum Gasteiger partial charge on any atom is -0.493 e. The van der Waals surface area contributed by atoms with Gasteiger partial charge in [0.05, 0.1) is 17.5 Å². The van der Waals surface area contributed by atoms with Gasteiger partial charge in [-0.15, -0.1) is 0 Å². The zero-order valence-corrected chi connectivity index (χ0v) is 11.4. The SMILES string of the molecule is O=C(c1cccc(F)c1Cl)C1CCOc2ccccc21. The molecule has 0 radical (unpaired) electrons. The lowest BCUT2D eigenvalue weighted by Crippen LogP contribution is -2.21. The molecule has 1 aliphatic heterocycles. The highest BCUT2D eigenvalue weighted by Crippen LogP contribution is 2.36. The van der Waals surface area contributed by atoms with Crippen molar-refractivity contribution in [1.29, 1.82) is 0 Å². The Morgan fingerprint density at radius 2 is 2.00 bits per heavy atom. The lowest BCUT2D eigenvalue weighted by atomic mass is 9.86. The molecule has 1 aliphatic rings. The largest absolute Gasteiger partial charge is 0.493 e. The normalized spacial score (nSPS) is 17.2. The van der Waals surface area contributed by atoms with Gasteiger partial charge in [0.2, 0.25) is 0 Å². The van der Waals surface area contributed by atoms with Crippen molar-refractivity contribution < 1.29 is 13.9 Å². The molecule has 1 atom stereocenters. The Bertz CT molecular complexity index is 669. The zero-order chi connectivity index (χ0) is 14.1. The Balaban J connectivity index is 2.02. The van der Waals surface area contributed by atoms with E-state index in [4.69, 9.17) is 16.3 Å². The van der Waals surface area contributed by atoms with Gasteiger partial charge in [-0.25, -0.2) is 4.39 Å². The highest BCUT2D eigenvalue weighted by Gasteiger charge is 2.29. The van der Waals surface area contributed by atoms with E-state index < -0.39 is 5.82 Å². The maximum absolute atomic E-state index is 13.5. The van der Waals surface area contributed by atoms with E-state index in [-0.39, 0.29) is 22.3 Å². The summed E-state index contributed by atoms with van der Waals surface area (Å²) in [5.41, 5.74) is 1.07. The molecule has 20 heavy (non-hydrogen) atoms. The molecule has 0 aliphatic carbocycles. The summed E-state index contributed by atoms with van der Waals surface area (Å²) in [5, 5.41) is -0.110. The minimum atomic E-state index is -0.571. The molecule has 4 heteroatoms. The molecule has 0 spiro atoms. The van der Waals surface area contributed by atoms with Crippen molar-refractivity contribution in [2.24, 2.45) is 0 Å². The van der Waals surface area contributed by atoms with Crippen LogP contribution in [-0.4, -0.2) is 12.4 Å². The molecular formula is C16H12ClFO2. The smallest absolute Gasteiger partial charge is 0.172 e. The zero-order valence-electron chi connectivity index (χ0n) is 10.6. The Labute approximate surface area is 121 Å². The molecule has 3 rings (SSSR count). The van der Waals surface area contributed by atoms with Gasteiger partial charge in [-0.2, -0.15) is 0 Å². The summed E-state index contributed by atoms with van der Waals surface area (Å²) in [4.78, 5) is 12.6. The van der Waals surface area contributed by atoms with E-state index in [2.05, 4.69) is 0 Å². The third-order valence-electron chi connectivity index (χ3n) is 3.49. The van der Waals surface area contributed by atoms with Gasteiger partial charge in [-0.1, -0.05) is 35.9 Å². The second-order valence-electron chi connectivity index (χ2n) is 4.69. The molecule has 0 saturated heterocycles. The van der Waals surface area contributed by atoms with Gasteiger partial charge in [-0.3, -0.25) is 4.79 Å². The maximum atomic E-state index is 13.5. The first-order valence-electron chi connectivity index (χ1n) is 6.38. The summed E-state index contributed by atoms with van der Waals surface area (Å²) in [6, 6.07) is 11.7. The number of para-hydroxylation sites is 1. The lowest BCUT2D eigenvalue weighted by molar-refractivity contribution is 0.0933. The average Bonchev–Trinajstić information content (AvgIpc) is 2.49. The standard InChI is InChI=1S/C16H12ClFO2/c17-15-12(5-3-6-13(15)18)16(19)11-8-9-20-14-7-2-1-4-10(11)14/h1-7,11H,8-9H2. The first-order chi connectivity index (χ1) is 9.68. The number of rotatable bonds is 2. The molecule has 0 saturated carbocycles. The molecule has 2 aromatic carbocycles. The Morgan fingerprint density at radius 3 is 2.85 bits per heavy atom. The fourth-order valence-electron chi connectivity index (χ4n) is 2.50. The van der Waals surface area contributed by atoms with Crippen LogP contribution >= 0.6 is 11.6 Å². The monoisotopic (exact) mass is 290 g/mol. The summed E-state index contributed by atoms with van der Waals surface area (Å²) in [5.74, 6) is -0.355. The molecule has 0 N–H and O–H groups in total. The van der Waals surface area contributed by atoms with E-state index >= 15 is 0 Å². The van der Waals surface area contributed by atoms with E-state index in [1.165, 1.54) is 12.1 Å². The lowest BCUT2D eigenvalue weighted by Gasteiger charge is -2.25. The number of fused-ring (bicyclic) bond motifs is 1. The summed E-state index contributed by atoms with van der Waals surface area (Å²) in [7, 11) is 0. The van der Waals surface area contributed by atoms with Gasteiger partial charge >= 0.3 is 0 Å². The molecule has 0 amide bonds. The van der Waals surface area contributed by atoms with Crippen LogP contribution in [0.25, 0.3) is 0 Å². The van der Waals surface area contributed by atoms with Crippen molar-refractivity contribution in [3.05, 3.63) is 64.4 Å². The van der Waals surface area contributed by atoms with Crippen LogP contribution in [-0.2, 0) is 0 Å². The number of benzene rings is 2. The summed E-state index contributed by atoms with van der Waals surface area (Å²) >= 11 is 5.91. The van der Waals surface area contributed by atoms with E-state index in [1.807, 2.05) is 24.3 Å². The van der Waals surface area contributed by atoms with Gasteiger partial charge in [0.15, 0.2) is 5.78 Å². The number of hydrogen-bond acceptors (Lipinski definition) is 2. The minimum absolute atomic E-state index is 0.110. The molecule has 0 fully saturated rings. The highest BCUT2D eigenvalue weighted by molar-refractivity contribution is 6.34. The van der Waals surface area contributed by atoms with Crippen molar-refractivity contribution in [3.63, 3.8) is 0 Å². The van der Waals surface area contributed by atoms with Crippen LogP contribution in [0.15, 0.2) is 42.5 Å². The van der Waals surface area contributed by atoms with Crippen molar-refractivity contribution in [2.75, 3.05) is 6.61 Å². The van der Waals surface area contributed by atoms with Crippen molar-refractivity contribution in [3.8, 4) is 5.75 Å². The fourth-order valence-corrected chi connectivity index (χ4v) is 2.72. The number of carbonyl (C=O) groups excluding carboxylic acids is 1. The number of ether oxygens (including phenoxy) is 1. The number of halogens is 2. The molecule has 0 aromatic heterocycles. The predicted octanol–water partition coefficient (Wildman–Crippen LogP) is 4.23. The third-order valence-corrected chi connectivity index (χ3v) is 3.88. The predicted molar refractivity (Wildman–Crippen MR) is 75.0 cm³/mol. The number of hydrogen-bond donors (Lipinski definition) is 0. The molecule has 1 unspecified atom stereocenters. The van der Waals surface area contributed by atoms with Gasteiger partial charge in [-0.05, 0) is 24.6 Å². The van der Waals surface area contributed by atoms with E-state index in [0.717, 1.165) is 5.56 Å². The van der Waals surface area contributed by atoms with E-state index in [0.29, 0.717) is 18.8 Å². The maximum Gasteiger partial charge on any atom is 0.172 e. The molecular weight excluding hydrogens is 279 g/mol. The fraction of sp³-hybridized carbons (Fsp3) is 0.188. The number of carbonyl (C=O) groups is 1. The van der Waals surface area contributed by atoms with Crippen molar-refractivity contribution in [2.45, 2.75) is 12.3 Å². The molecule has 1 heterocycles. The van der Waals surface area contributed by atoms with Gasteiger partial charge in [0, 0.05) is 11.1 Å². The number of ketones is 1. The van der Waals surface area contributed by atoms with Gasteiger partial charge in [0.1, 0.15) is 11.6 Å². The average molecular weight is 291 g/mol. The van der Waals surface area contributed by atoms with Crippen LogP contribution in [0.1, 0.15) is 28.3 Å². The Morgan fingerprint density at radius 1 is 1.20 bits per heavy atom. The second kappa shape index (κ2) is 5.25. The van der Waals surface area contributed by atoms with Crippen LogP contribution in [0, 0.1) is 5.82 Å². The third kappa shape index (κ3) is 2.18. The van der Waals surface area contributed by atoms with Gasteiger partial charge in [0.25, 0.3) is 0 Å². The molecule has 2 aromatic rings. The molecule has 102 valence electrons. The topological polar surface area (TPSA) is 26.3 Å². The van der Waals surface area contributed by atoms with Gasteiger partial charge < -0.3 is 4.74 Å². The highest BCUT2D eigenvalue weighted by atomic mass is 35.5. The summed E-state index contributed by atoms with van der Waals surface area (Å²) < 4.78 is 19.0. The Kier molecular flexibility index (Phi) is 3.45. The summed E-state index contributed by atoms with van der Waals surface area (Å²) in [6.07, 6.45) is 0.572. The van der Waals surface area contributed by atoms with Crippen molar-refractivity contribution in [1.82, 2.24) is 0 Å². The second-order valence-corrected chi connectivity index (χ2v) is 5.07. The molecule has 0 bridgehead atoms. The quantitative estimate of drug-likeness (QED) is 0.774. The van der Waals surface area contributed by atoms with E-state index in [1.54, 1.807) is 6.07 Å². The summed E-state index contributed by atoms with van der Waals surface area (Å²) in [6.45, 7) is 0.473. The van der Waals surface area contributed by atoms with Crippen LogP contribution in [0.2, 0.25) is 5.02 Å². The van der Waals surface area contributed by atoms with E-state index in [9.17, 15) is 9.18 Å². The first-order valence-corrected chi connectivity index (χ1v) is 6.76.